The van der Waals surface area contributed by atoms with E-state index in [0.29, 0.717) is 24.5 Å². The molecule has 1 saturated carbocycles. The highest BCUT2D eigenvalue weighted by Gasteiger charge is 2.36. The molecule has 2 N–H and O–H groups in total. The summed E-state index contributed by atoms with van der Waals surface area (Å²) in [4.78, 5) is 38.5. The average Bonchev–Trinajstić information content (AvgIpc) is 3.50. The summed E-state index contributed by atoms with van der Waals surface area (Å²) in [6, 6.07) is 5.34. The molecule has 3 amide bonds. The fourth-order valence-electron chi connectivity index (χ4n) is 3.40. The minimum Gasteiger partial charge on any atom is -0.450 e. The Bertz CT molecular complexity index is 730. The van der Waals surface area contributed by atoms with Gasteiger partial charge in [-0.25, -0.2) is 4.79 Å². The molecule has 1 atom stereocenters. The fourth-order valence-corrected chi connectivity index (χ4v) is 3.40. The van der Waals surface area contributed by atoms with Crippen LogP contribution < -0.4 is 10.6 Å². The Labute approximate surface area is 159 Å². The molecule has 7 nitrogen and oxygen atoms in total. The molecule has 0 bridgehead atoms. The maximum Gasteiger partial charge on any atom is 0.411 e. The van der Waals surface area contributed by atoms with Crippen molar-refractivity contribution in [3.8, 4) is 0 Å². The predicted octanol–water partition coefficient (Wildman–Crippen LogP) is 3.15. The van der Waals surface area contributed by atoms with E-state index in [9.17, 15) is 14.4 Å². The number of nitrogens with zero attached hydrogens (tertiary/aromatic N) is 1. The number of ether oxygens (including phenoxy) is 1. The number of anilines is 2. The number of hydrogen-bond donors (Lipinski definition) is 2. The van der Waals surface area contributed by atoms with E-state index in [-0.39, 0.29) is 23.7 Å². The highest BCUT2D eigenvalue weighted by atomic mass is 16.5. The van der Waals surface area contributed by atoms with Gasteiger partial charge in [-0.3, -0.25) is 14.9 Å². The Kier molecular flexibility index (Phi) is 5.98. The van der Waals surface area contributed by atoms with Crippen LogP contribution in [0.2, 0.25) is 0 Å². The van der Waals surface area contributed by atoms with Gasteiger partial charge in [-0.2, -0.15) is 0 Å². The van der Waals surface area contributed by atoms with Crippen molar-refractivity contribution in [2.45, 2.75) is 39.5 Å². The van der Waals surface area contributed by atoms with Gasteiger partial charge in [0, 0.05) is 30.4 Å². The second kappa shape index (κ2) is 8.41. The molecule has 0 aromatic heterocycles. The van der Waals surface area contributed by atoms with E-state index in [1.807, 2.05) is 11.8 Å². The minimum absolute atomic E-state index is 0.0836. The van der Waals surface area contributed by atoms with E-state index >= 15 is 0 Å². The van der Waals surface area contributed by atoms with Crippen LogP contribution in [0, 0.1) is 18.8 Å². The summed E-state index contributed by atoms with van der Waals surface area (Å²) < 4.78 is 4.90. The molecule has 27 heavy (non-hydrogen) atoms. The zero-order valence-electron chi connectivity index (χ0n) is 15.9. The molecule has 1 saturated heterocycles. The minimum atomic E-state index is -0.523. The van der Waals surface area contributed by atoms with E-state index in [1.165, 1.54) is 0 Å². The lowest BCUT2D eigenvalue weighted by Gasteiger charge is -2.32. The van der Waals surface area contributed by atoms with Gasteiger partial charge >= 0.3 is 6.09 Å². The SMILES string of the molecule is CCOC(=O)Nc1cccc(NC(=O)C2CCCN(C(=O)C3CC3)C2)c1C. The number of likely N-dealkylation sites (tertiary alicyclic amines) is 1. The van der Waals surface area contributed by atoms with E-state index < -0.39 is 6.09 Å². The standard InChI is InChI=1S/C20H27N3O4/c1-3-27-20(26)22-17-8-4-7-16(13(17)2)21-18(24)15-6-5-11-23(12-15)19(25)14-9-10-14/h4,7-8,14-15H,3,5-6,9-12H2,1-2H3,(H,21,24)(H,22,26). The Balaban J connectivity index is 1.63. The molecule has 1 aromatic rings. The van der Waals surface area contributed by atoms with Gasteiger partial charge in [-0.1, -0.05) is 6.07 Å². The van der Waals surface area contributed by atoms with Gasteiger partial charge in [0.1, 0.15) is 0 Å². The molecule has 3 rings (SSSR count). The van der Waals surface area contributed by atoms with E-state index in [1.54, 1.807) is 25.1 Å². The van der Waals surface area contributed by atoms with Crippen LogP contribution in [0.1, 0.15) is 38.2 Å². The van der Waals surface area contributed by atoms with Crippen LogP contribution in [0.15, 0.2) is 18.2 Å². The molecule has 1 heterocycles. The summed E-state index contributed by atoms with van der Waals surface area (Å²) in [5.41, 5.74) is 2.01. The summed E-state index contributed by atoms with van der Waals surface area (Å²) in [5.74, 6) is 0.0891. The number of piperidine rings is 1. The molecular weight excluding hydrogens is 346 g/mol. The zero-order chi connectivity index (χ0) is 19.4. The number of carbonyl (C=O) groups excluding carboxylic acids is 3. The quantitative estimate of drug-likeness (QED) is 0.830. The Hall–Kier alpha value is -2.57. The largest absolute Gasteiger partial charge is 0.450 e. The molecule has 146 valence electrons. The number of amides is 3. The van der Waals surface area contributed by atoms with Gasteiger partial charge in [0.2, 0.25) is 11.8 Å². The van der Waals surface area contributed by atoms with Crippen LogP contribution in [0.5, 0.6) is 0 Å². The highest BCUT2D eigenvalue weighted by Crippen LogP contribution is 2.33. The van der Waals surface area contributed by atoms with Crippen LogP contribution >= 0.6 is 0 Å². The van der Waals surface area contributed by atoms with Crippen molar-refractivity contribution in [2.75, 3.05) is 30.3 Å². The number of carbonyl (C=O) groups is 3. The summed E-state index contributed by atoms with van der Waals surface area (Å²) in [7, 11) is 0. The first-order valence-electron chi connectivity index (χ1n) is 9.62. The molecule has 2 aliphatic rings. The Morgan fingerprint density at radius 1 is 1.11 bits per heavy atom. The van der Waals surface area contributed by atoms with Crippen LogP contribution in [0.25, 0.3) is 0 Å². The first kappa shape index (κ1) is 19.2. The highest BCUT2D eigenvalue weighted by molar-refractivity contribution is 5.96. The maximum absolute atomic E-state index is 12.7. The van der Waals surface area contributed by atoms with Gasteiger partial charge in [0.15, 0.2) is 0 Å². The smallest absolute Gasteiger partial charge is 0.411 e. The first-order valence-corrected chi connectivity index (χ1v) is 9.62. The van der Waals surface area contributed by atoms with Crippen molar-refractivity contribution in [3.63, 3.8) is 0 Å². The summed E-state index contributed by atoms with van der Waals surface area (Å²) >= 11 is 0. The third-order valence-electron chi connectivity index (χ3n) is 5.13. The summed E-state index contributed by atoms with van der Waals surface area (Å²) in [5, 5.41) is 5.64. The topological polar surface area (TPSA) is 87.7 Å². The molecule has 1 aliphatic heterocycles. The van der Waals surface area contributed by atoms with Crippen molar-refractivity contribution in [3.05, 3.63) is 23.8 Å². The van der Waals surface area contributed by atoms with Gasteiger partial charge < -0.3 is 15.0 Å². The van der Waals surface area contributed by atoms with Crippen LogP contribution in [0.3, 0.4) is 0 Å². The van der Waals surface area contributed by atoms with Crippen LogP contribution in [0.4, 0.5) is 16.2 Å². The number of rotatable bonds is 5. The molecule has 0 spiro atoms. The Morgan fingerprint density at radius 3 is 2.48 bits per heavy atom. The summed E-state index contributed by atoms with van der Waals surface area (Å²) in [6.45, 7) is 5.10. The second-order valence-corrected chi connectivity index (χ2v) is 7.21. The number of hydrogen-bond acceptors (Lipinski definition) is 4. The lowest BCUT2D eigenvalue weighted by atomic mass is 9.96. The average molecular weight is 373 g/mol. The first-order chi connectivity index (χ1) is 13.0. The summed E-state index contributed by atoms with van der Waals surface area (Å²) in [6.07, 6.45) is 3.06. The lowest BCUT2D eigenvalue weighted by Crippen LogP contribution is -2.44. The van der Waals surface area contributed by atoms with Gasteiger partial charge in [0.25, 0.3) is 0 Å². The number of nitrogens with one attached hydrogen (secondary N) is 2. The van der Waals surface area contributed by atoms with E-state index in [0.717, 1.165) is 37.8 Å². The lowest BCUT2D eigenvalue weighted by molar-refractivity contribution is -0.135. The molecular formula is C20H27N3O4. The monoisotopic (exact) mass is 373 g/mol. The van der Waals surface area contributed by atoms with Crippen LogP contribution in [-0.2, 0) is 14.3 Å². The van der Waals surface area contributed by atoms with E-state index in [4.69, 9.17) is 4.74 Å². The van der Waals surface area contributed by atoms with Crippen molar-refractivity contribution in [1.82, 2.24) is 4.90 Å². The fraction of sp³-hybridized carbons (Fsp3) is 0.550. The van der Waals surface area contributed by atoms with Gasteiger partial charge in [-0.15, -0.1) is 0 Å². The van der Waals surface area contributed by atoms with Crippen molar-refractivity contribution < 1.29 is 19.1 Å². The number of benzene rings is 1. The van der Waals surface area contributed by atoms with Gasteiger partial charge in [-0.05, 0) is 57.2 Å². The van der Waals surface area contributed by atoms with Crippen LogP contribution in [-0.4, -0.2) is 42.5 Å². The molecule has 2 fully saturated rings. The molecule has 7 heteroatoms. The normalized spacial score (nSPS) is 19.3. The van der Waals surface area contributed by atoms with E-state index in [2.05, 4.69) is 10.6 Å². The zero-order valence-corrected chi connectivity index (χ0v) is 15.9. The predicted molar refractivity (Wildman–Crippen MR) is 102 cm³/mol. The molecule has 0 radical (unpaired) electrons. The third-order valence-corrected chi connectivity index (χ3v) is 5.13. The van der Waals surface area contributed by atoms with Gasteiger partial charge in [0.05, 0.1) is 12.5 Å². The molecule has 1 unspecified atom stereocenters. The van der Waals surface area contributed by atoms with Crippen molar-refractivity contribution in [2.24, 2.45) is 11.8 Å². The molecule has 1 aromatic carbocycles. The van der Waals surface area contributed by atoms with Crippen molar-refractivity contribution >= 4 is 29.3 Å². The van der Waals surface area contributed by atoms with Crippen molar-refractivity contribution in [1.29, 1.82) is 0 Å². The second-order valence-electron chi connectivity index (χ2n) is 7.21. The maximum atomic E-state index is 12.7. The Morgan fingerprint density at radius 2 is 1.81 bits per heavy atom. The third kappa shape index (κ3) is 4.78. The molecule has 1 aliphatic carbocycles.